The Balaban J connectivity index is 1.06. The molecule has 0 radical (unpaired) electrons. The molecule has 0 saturated carbocycles. The Kier molecular flexibility index (Phi) is 7.25. The van der Waals surface area contributed by atoms with Crippen LogP contribution in [-0.4, -0.2) is 0 Å². The molecule has 0 amide bonds. The van der Waals surface area contributed by atoms with Gasteiger partial charge in [-0.25, -0.2) is 0 Å². The van der Waals surface area contributed by atoms with Crippen molar-refractivity contribution in [2.24, 2.45) is 0 Å². The van der Waals surface area contributed by atoms with Crippen molar-refractivity contribution in [2.45, 2.75) is 0 Å². The molecule has 52 heavy (non-hydrogen) atoms. The fourth-order valence-corrected chi connectivity index (χ4v) is 8.28. The predicted molar refractivity (Wildman–Crippen MR) is 226 cm³/mol. The van der Waals surface area contributed by atoms with Gasteiger partial charge in [-0.3, -0.25) is 0 Å². The third kappa shape index (κ3) is 5.00. The maximum Gasteiger partial charge on any atom is -0.00201 e. The van der Waals surface area contributed by atoms with Crippen LogP contribution in [0.2, 0.25) is 0 Å². The molecule has 0 aromatic heterocycles. The lowest BCUT2D eigenvalue weighted by molar-refractivity contribution is 1.63. The SMILES string of the molecule is C(=Cc1ccc(-c2cccc3ccccc23)c2ccccc12)c1ccc(-c2c3ccccc3c(-c3cccc4ccccc34)c3ccccc23)cc1. The highest BCUT2D eigenvalue weighted by molar-refractivity contribution is 6.23. The van der Waals surface area contributed by atoms with E-state index in [1.54, 1.807) is 0 Å². The Morgan fingerprint density at radius 1 is 0.250 bits per heavy atom. The van der Waals surface area contributed by atoms with E-state index in [4.69, 9.17) is 0 Å². The van der Waals surface area contributed by atoms with Crippen molar-refractivity contribution in [3.05, 3.63) is 205 Å². The van der Waals surface area contributed by atoms with Crippen LogP contribution < -0.4 is 0 Å². The normalized spacial score (nSPS) is 11.8. The van der Waals surface area contributed by atoms with Gasteiger partial charge in [0.2, 0.25) is 0 Å². The topological polar surface area (TPSA) is 0 Å². The first-order valence-electron chi connectivity index (χ1n) is 18.0. The standard InChI is InChI=1S/C52H34/c1-3-17-40-36(13-1)15-11-25-44(40)45-34-33-38(41-18-5-6-20-43(41)45)30-27-35-28-31-39(32-29-35)51-47-21-7-9-23-49(47)52(50-24-10-8-22-48(50)51)46-26-12-16-37-14-2-4-19-42(37)46/h1-34H. The van der Waals surface area contributed by atoms with Crippen LogP contribution in [0.5, 0.6) is 0 Å². The van der Waals surface area contributed by atoms with Crippen molar-refractivity contribution < 1.29 is 0 Å². The van der Waals surface area contributed by atoms with E-state index in [0.717, 1.165) is 0 Å². The molecule has 0 fully saturated rings. The van der Waals surface area contributed by atoms with Gasteiger partial charge in [0, 0.05) is 0 Å². The predicted octanol–water partition coefficient (Wildman–Crippen LogP) is 14.6. The quantitative estimate of drug-likeness (QED) is 0.128. The minimum absolute atomic E-state index is 1.17. The van der Waals surface area contributed by atoms with Gasteiger partial charge in [0.1, 0.15) is 0 Å². The monoisotopic (exact) mass is 658 g/mol. The van der Waals surface area contributed by atoms with Crippen molar-refractivity contribution in [2.75, 3.05) is 0 Å². The summed E-state index contributed by atoms with van der Waals surface area (Å²) >= 11 is 0. The first kappa shape index (κ1) is 30.1. The van der Waals surface area contributed by atoms with Crippen LogP contribution in [0.15, 0.2) is 194 Å². The lowest BCUT2D eigenvalue weighted by atomic mass is 9.84. The van der Waals surface area contributed by atoms with Gasteiger partial charge < -0.3 is 0 Å². The second-order valence-electron chi connectivity index (χ2n) is 13.6. The van der Waals surface area contributed by atoms with Crippen molar-refractivity contribution in [1.29, 1.82) is 0 Å². The molecular weight excluding hydrogens is 625 g/mol. The van der Waals surface area contributed by atoms with E-state index in [-0.39, 0.29) is 0 Å². The molecule has 0 nitrogen and oxygen atoms in total. The summed E-state index contributed by atoms with van der Waals surface area (Å²) in [5.41, 5.74) is 9.99. The molecule has 10 rings (SSSR count). The fraction of sp³-hybridized carbons (Fsp3) is 0. The third-order valence-electron chi connectivity index (χ3n) is 10.7. The highest BCUT2D eigenvalue weighted by Gasteiger charge is 2.18. The molecular formula is C52H34. The Morgan fingerprint density at radius 3 is 1.31 bits per heavy atom. The number of hydrogen-bond donors (Lipinski definition) is 0. The molecule has 0 saturated heterocycles. The van der Waals surface area contributed by atoms with Crippen LogP contribution in [0.3, 0.4) is 0 Å². The van der Waals surface area contributed by atoms with Crippen LogP contribution in [-0.2, 0) is 0 Å². The van der Waals surface area contributed by atoms with Gasteiger partial charge in [-0.1, -0.05) is 206 Å². The van der Waals surface area contributed by atoms with E-state index >= 15 is 0 Å². The van der Waals surface area contributed by atoms with E-state index in [9.17, 15) is 0 Å². The molecule has 0 aliphatic carbocycles. The second kappa shape index (κ2) is 12.5. The Bertz CT molecular complexity index is 2930. The first-order valence-corrected chi connectivity index (χ1v) is 18.0. The molecule has 0 aliphatic rings. The zero-order valence-corrected chi connectivity index (χ0v) is 28.6. The second-order valence-corrected chi connectivity index (χ2v) is 13.6. The van der Waals surface area contributed by atoms with E-state index in [1.807, 2.05) is 0 Å². The van der Waals surface area contributed by atoms with Gasteiger partial charge >= 0.3 is 0 Å². The Hall–Kier alpha value is -6.76. The minimum Gasteiger partial charge on any atom is -0.0616 e. The number of benzene rings is 10. The highest BCUT2D eigenvalue weighted by Crippen LogP contribution is 2.45. The first-order chi connectivity index (χ1) is 25.8. The molecule has 242 valence electrons. The van der Waals surface area contributed by atoms with Crippen molar-refractivity contribution in [3.63, 3.8) is 0 Å². The van der Waals surface area contributed by atoms with Crippen LogP contribution in [0, 0.1) is 0 Å². The Morgan fingerprint density at radius 2 is 0.692 bits per heavy atom. The molecule has 10 aromatic carbocycles. The van der Waals surface area contributed by atoms with E-state index in [2.05, 4.69) is 206 Å². The number of rotatable bonds is 5. The molecule has 0 heterocycles. The van der Waals surface area contributed by atoms with E-state index in [1.165, 1.54) is 98.4 Å². The largest absolute Gasteiger partial charge is 0.0616 e. The van der Waals surface area contributed by atoms with Crippen molar-refractivity contribution in [1.82, 2.24) is 0 Å². The van der Waals surface area contributed by atoms with E-state index < -0.39 is 0 Å². The molecule has 0 unspecified atom stereocenters. The zero-order valence-electron chi connectivity index (χ0n) is 28.6. The molecule has 10 aromatic rings. The molecule has 0 aliphatic heterocycles. The molecule has 0 heteroatoms. The van der Waals surface area contributed by atoms with Crippen LogP contribution >= 0.6 is 0 Å². The fourth-order valence-electron chi connectivity index (χ4n) is 8.28. The smallest absolute Gasteiger partial charge is 0.00201 e. The molecule has 0 atom stereocenters. The zero-order chi connectivity index (χ0) is 34.4. The summed E-state index contributed by atoms with van der Waals surface area (Å²) < 4.78 is 0. The summed E-state index contributed by atoms with van der Waals surface area (Å²) in [4.78, 5) is 0. The summed E-state index contributed by atoms with van der Waals surface area (Å²) in [7, 11) is 0. The average molecular weight is 659 g/mol. The maximum absolute atomic E-state index is 2.29. The van der Waals surface area contributed by atoms with E-state index in [0.29, 0.717) is 0 Å². The summed E-state index contributed by atoms with van der Waals surface area (Å²) in [6.45, 7) is 0. The summed E-state index contributed by atoms with van der Waals surface area (Å²) in [5, 5.41) is 12.7. The minimum atomic E-state index is 1.17. The van der Waals surface area contributed by atoms with Crippen molar-refractivity contribution in [3.8, 4) is 33.4 Å². The molecule has 0 N–H and O–H groups in total. The van der Waals surface area contributed by atoms with Gasteiger partial charge in [0.25, 0.3) is 0 Å². The van der Waals surface area contributed by atoms with Gasteiger partial charge in [-0.2, -0.15) is 0 Å². The molecule has 0 bridgehead atoms. The lowest BCUT2D eigenvalue weighted by Gasteiger charge is -2.18. The van der Waals surface area contributed by atoms with Gasteiger partial charge in [0.05, 0.1) is 0 Å². The van der Waals surface area contributed by atoms with Crippen LogP contribution in [0.25, 0.3) is 99.4 Å². The third-order valence-corrected chi connectivity index (χ3v) is 10.7. The van der Waals surface area contributed by atoms with Gasteiger partial charge in [-0.05, 0) is 98.4 Å². The Labute approximate surface area is 303 Å². The van der Waals surface area contributed by atoms with Gasteiger partial charge in [-0.15, -0.1) is 0 Å². The highest BCUT2D eigenvalue weighted by atomic mass is 14.2. The maximum atomic E-state index is 2.29. The summed E-state index contributed by atoms with van der Waals surface area (Å²) in [5.74, 6) is 0. The average Bonchev–Trinajstić information content (AvgIpc) is 3.22. The van der Waals surface area contributed by atoms with Gasteiger partial charge in [0.15, 0.2) is 0 Å². The number of fused-ring (bicyclic) bond motifs is 5. The lowest BCUT2D eigenvalue weighted by Crippen LogP contribution is -1.91. The number of hydrogen-bond acceptors (Lipinski definition) is 0. The molecule has 0 spiro atoms. The van der Waals surface area contributed by atoms with Crippen LogP contribution in [0.1, 0.15) is 11.1 Å². The van der Waals surface area contributed by atoms with Crippen LogP contribution in [0.4, 0.5) is 0 Å². The summed E-state index contributed by atoms with van der Waals surface area (Å²) in [6, 6.07) is 70.8. The summed E-state index contributed by atoms with van der Waals surface area (Å²) in [6.07, 6.45) is 4.50. The van der Waals surface area contributed by atoms with Crippen molar-refractivity contribution >= 4 is 66.0 Å².